The molecule has 0 aromatic rings. The molecule has 12 nitrogen and oxygen atoms in total. The van der Waals surface area contributed by atoms with Gasteiger partial charge in [0.25, 0.3) is 0 Å². The zero-order valence-electron chi connectivity index (χ0n) is 32.9. The van der Waals surface area contributed by atoms with Crippen molar-refractivity contribution in [3.63, 3.8) is 0 Å². The van der Waals surface area contributed by atoms with Gasteiger partial charge in [-0.2, -0.15) is 0 Å². The van der Waals surface area contributed by atoms with E-state index in [9.17, 15) is 4.79 Å². The lowest BCUT2D eigenvalue weighted by atomic mass is 9.81. The van der Waals surface area contributed by atoms with Crippen molar-refractivity contribution in [2.24, 2.45) is 11.8 Å². The highest BCUT2D eigenvalue weighted by molar-refractivity contribution is 5.79. The number of likely N-dealkylation sites (N-methyl/N-ethyl adjacent to an activating group) is 1. The van der Waals surface area contributed by atoms with Crippen LogP contribution in [0.2, 0.25) is 0 Å². The molecule has 1 unspecified atom stereocenters. The highest BCUT2D eigenvalue weighted by Gasteiger charge is 2.61. The van der Waals surface area contributed by atoms with E-state index in [1.165, 1.54) is 0 Å². The largest absolute Gasteiger partial charge is 0.441 e. The summed E-state index contributed by atoms with van der Waals surface area (Å²) in [5, 5.41) is 12.2. The van der Waals surface area contributed by atoms with Crippen molar-refractivity contribution in [2.75, 3.05) is 27.8 Å². The van der Waals surface area contributed by atoms with E-state index in [-0.39, 0.29) is 97.2 Å². The van der Waals surface area contributed by atoms with Gasteiger partial charge in [-0.15, -0.1) is 0 Å². The van der Waals surface area contributed by atoms with Crippen LogP contribution in [0.15, 0.2) is 24.3 Å². The smallest absolute Gasteiger partial charge is 0.188 e. The van der Waals surface area contributed by atoms with Gasteiger partial charge >= 0.3 is 0 Å². The van der Waals surface area contributed by atoms with Crippen LogP contribution in [0.1, 0.15) is 96.8 Å². The van der Waals surface area contributed by atoms with Gasteiger partial charge in [0, 0.05) is 65.2 Å². The molecule has 3 N–H and O–H groups in total. The van der Waals surface area contributed by atoms with Gasteiger partial charge in [0.1, 0.15) is 11.9 Å². The first-order valence-corrected chi connectivity index (χ1v) is 21.0. The van der Waals surface area contributed by atoms with Crippen LogP contribution in [0, 0.1) is 11.8 Å². The zero-order valence-corrected chi connectivity index (χ0v) is 32.9. The molecule has 1 spiro atoms. The van der Waals surface area contributed by atoms with Gasteiger partial charge in [-0.3, -0.25) is 4.79 Å². The molecule has 8 fully saturated rings. The Morgan fingerprint density at radius 3 is 2.43 bits per heavy atom. The Morgan fingerprint density at radius 1 is 0.833 bits per heavy atom. The highest BCUT2D eigenvalue weighted by atomic mass is 16.7. The van der Waals surface area contributed by atoms with Gasteiger partial charge in [-0.25, -0.2) is 0 Å². The standard InChI is InChI=1S/C42H65NO11/c1-22-13-26-7-9-32-23(2)14-28(48-32)11-12-42-20-31(45)40(54-42)37-19-38(53-42)41-33(51-37)10-8-27(50-41)15-25(44)16-30-35(18-34(49-26)24(22)3)52-36(39(30)47-6)17-29(46-5)21-43-4/h22,26-41,43,45H,2-3,7-21H2,1,4-6H3/p+1/t22-,26+,27-,28+,29+,30+,31-,32+,33+,34-,35+,36-,37?,38-,39-,40+,41+,42-/m1/s1. The number of Topliss-reactive ketones (excluding diaryl/α,β-unsaturated/α-hetero) is 1. The second kappa shape index (κ2) is 16.5. The Balaban J connectivity index is 1.06. The van der Waals surface area contributed by atoms with Gasteiger partial charge in [0.2, 0.25) is 0 Å². The van der Waals surface area contributed by atoms with Crippen LogP contribution >= 0.6 is 0 Å². The van der Waals surface area contributed by atoms with Gasteiger partial charge in [-0.05, 0) is 69.1 Å². The summed E-state index contributed by atoms with van der Waals surface area (Å²) in [7, 11) is 5.37. The van der Waals surface area contributed by atoms with Crippen molar-refractivity contribution >= 4 is 5.78 Å². The first-order chi connectivity index (χ1) is 26.0. The molecular weight excluding hydrogens is 694 g/mol. The number of nitrogens with one attached hydrogen (secondary N) is 1. The van der Waals surface area contributed by atoms with Crippen LogP contribution in [0.25, 0.3) is 0 Å². The molecule has 8 aliphatic rings. The normalized spacial score (nSPS) is 48.9. The molecule has 8 rings (SSSR count). The molecule has 54 heavy (non-hydrogen) atoms. The molecule has 18 atom stereocenters. The van der Waals surface area contributed by atoms with Crippen molar-refractivity contribution < 1.29 is 52.5 Å². The molecule has 304 valence electrons. The number of carbonyl (C=O) groups excluding carboxylic acids is 1. The maximum atomic E-state index is 14.2. The number of hydrogen-bond donors (Lipinski definition) is 1. The average Bonchev–Trinajstić information content (AvgIpc) is 3.75. The molecule has 0 aliphatic carbocycles. The van der Waals surface area contributed by atoms with Crippen LogP contribution in [0.4, 0.5) is 0 Å². The lowest BCUT2D eigenvalue weighted by molar-refractivity contribution is -0.277. The van der Waals surface area contributed by atoms with E-state index in [2.05, 4.69) is 25.4 Å². The topological polar surface area (TPSA) is 135 Å². The molecule has 0 saturated carbocycles. The van der Waals surface area contributed by atoms with E-state index < -0.39 is 11.9 Å². The maximum Gasteiger partial charge on any atom is 0.188 e. The van der Waals surface area contributed by atoms with Crippen LogP contribution in [0.3, 0.4) is 0 Å². The predicted octanol–water partition coefficient (Wildman–Crippen LogP) is 4.07. The second-order valence-electron chi connectivity index (χ2n) is 17.8. The van der Waals surface area contributed by atoms with E-state index in [1.54, 1.807) is 14.2 Å². The lowest BCUT2D eigenvalue weighted by Gasteiger charge is -2.47. The summed E-state index contributed by atoms with van der Waals surface area (Å²) >= 11 is 0. The maximum absolute atomic E-state index is 14.2. The third kappa shape index (κ3) is 8.06. The Labute approximate surface area is 321 Å². The molecule has 0 amide bonds. The Hall–Kier alpha value is -1.29. The minimum Gasteiger partial charge on any atom is -0.441 e. The number of ether oxygens (including phenoxy) is 9. The van der Waals surface area contributed by atoms with Crippen molar-refractivity contribution in [3.05, 3.63) is 24.3 Å². The lowest BCUT2D eigenvalue weighted by Crippen LogP contribution is -2.58. The number of fused-ring (bicyclic) bond motifs is 9. The van der Waals surface area contributed by atoms with Crippen molar-refractivity contribution in [2.45, 2.75) is 194 Å². The predicted molar refractivity (Wildman–Crippen MR) is 199 cm³/mol. The summed E-state index contributed by atoms with van der Waals surface area (Å²) in [6.07, 6.45) is 6.69. The second-order valence-corrected chi connectivity index (χ2v) is 17.8. The van der Waals surface area contributed by atoms with E-state index in [4.69, 9.17) is 47.7 Å². The Bertz CT molecular complexity index is 1360. The fraction of sp³-hybridized carbons (Fsp3) is 0.881. The number of carbonyl (C=O) groups is 1. The Kier molecular flexibility index (Phi) is 12.1. The summed E-state index contributed by atoms with van der Waals surface area (Å²) in [6, 6.07) is 0. The highest BCUT2D eigenvalue weighted by Crippen LogP contribution is 2.49. The summed E-state index contributed by atoms with van der Waals surface area (Å²) in [6.45, 7) is 11.9. The van der Waals surface area contributed by atoms with E-state index in [0.29, 0.717) is 57.4 Å². The number of ketones is 1. The SMILES string of the molecule is C=C1C[C@@H]2CC[C@]34C[C@@H]([OH2+])[C@H](O3)C3C[C@@H](O4)[C@H]4O[C@H](CC[C@@H]4O3)CC(=O)C[C@@H]3[C@@H](OC)[C@@H](C[C@@H](CNC)OC)O[C@H]3C[C@H]3O[C@@H](CC[C@@H]1O2)C[C@@H](C)C3=C. The van der Waals surface area contributed by atoms with E-state index in [0.717, 1.165) is 56.1 Å². The summed E-state index contributed by atoms with van der Waals surface area (Å²) in [4.78, 5) is 14.2. The van der Waals surface area contributed by atoms with Gasteiger partial charge in [-0.1, -0.05) is 20.1 Å². The molecule has 0 aromatic heterocycles. The number of rotatable bonds is 6. The van der Waals surface area contributed by atoms with Crippen LogP contribution in [0.5, 0.6) is 0 Å². The quantitative estimate of drug-likeness (QED) is 0.310. The first kappa shape index (κ1) is 39.5. The third-order valence-corrected chi connectivity index (χ3v) is 14.1. The fourth-order valence-corrected chi connectivity index (χ4v) is 11.3. The molecule has 8 heterocycles. The number of hydrogen-bond acceptors (Lipinski definition) is 11. The summed E-state index contributed by atoms with van der Waals surface area (Å²) in [5.41, 5.74) is 2.23. The van der Waals surface area contributed by atoms with Crippen molar-refractivity contribution in [1.29, 1.82) is 0 Å². The molecular formula is C42H66NO11+. The van der Waals surface area contributed by atoms with Gasteiger partial charge < -0.3 is 53.1 Å². The minimum absolute atomic E-state index is 0.0203. The molecule has 8 saturated heterocycles. The molecule has 10 bridgehead atoms. The van der Waals surface area contributed by atoms with E-state index >= 15 is 0 Å². The van der Waals surface area contributed by atoms with Crippen molar-refractivity contribution in [1.82, 2.24) is 5.32 Å². The first-order valence-electron chi connectivity index (χ1n) is 21.0. The zero-order chi connectivity index (χ0) is 37.7. The summed E-state index contributed by atoms with van der Waals surface area (Å²) in [5.74, 6) is -0.572. The minimum atomic E-state index is -0.873. The van der Waals surface area contributed by atoms with Gasteiger partial charge in [0.05, 0.1) is 79.7 Å². The molecule has 8 aliphatic heterocycles. The van der Waals surface area contributed by atoms with E-state index in [1.807, 2.05) is 7.05 Å². The van der Waals surface area contributed by atoms with Crippen LogP contribution in [-0.2, 0) is 47.4 Å². The average molecular weight is 761 g/mol. The van der Waals surface area contributed by atoms with Crippen LogP contribution < -0.4 is 5.32 Å². The number of methoxy groups -OCH3 is 2. The summed E-state index contributed by atoms with van der Waals surface area (Å²) < 4.78 is 59.5. The third-order valence-electron chi connectivity index (χ3n) is 14.1. The molecule has 0 aromatic carbocycles. The van der Waals surface area contributed by atoms with Crippen molar-refractivity contribution in [3.8, 4) is 0 Å². The fourth-order valence-electron chi connectivity index (χ4n) is 11.3. The molecule has 12 heteroatoms. The Morgan fingerprint density at radius 2 is 1.63 bits per heavy atom. The van der Waals surface area contributed by atoms with Crippen LogP contribution in [-0.4, -0.2) is 136 Å². The van der Waals surface area contributed by atoms with Gasteiger partial charge in [0.15, 0.2) is 18.0 Å². The monoisotopic (exact) mass is 760 g/mol. The molecule has 0 radical (unpaired) electrons.